The monoisotopic (exact) mass is 575 g/mol. The highest BCUT2D eigenvalue weighted by molar-refractivity contribution is 6.30. The zero-order valence-electron chi connectivity index (χ0n) is 24.5. The summed E-state index contributed by atoms with van der Waals surface area (Å²) in [6.07, 6.45) is 5.88. The number of imidazole rings is 1. The molecule has 4 rings (SSSR count). The minimum atomic E-state index is -0.118. The molecule has 0 fully saturated rings. The molecule has 0 saturated heterocycles. The first kappa shape index (κ1) is 30.4. The Kier molecular flexibility index (Phi) is 11.1. The average molecular weight is 576 g/mol. The lowest BCUT2D eigenvalue weighted by Gasteiger charge is -2.19. The Morgan fingerprint density at radius 3 is 2.32 bits per heavy atom. The van der Waals surface area contributed by atoms with E-state index in [1.54, 1.807) is 24.3 Å². The minimum absolute atomic E-state index is 0.000176. The van der Waals surface area contributed by atoms with Crippen LogP contribution in [0.3, 0.4) is 0 Å². The first-order valence-electron chi connectivity index (χ1n) is 14.6. The van der Waals surface area contributed by atoms with Crippen molar-refractivity contribution in [3.8, 4) is 11.5 Å². The number of nitrogens with one attached hydrogen (secondary N) is 1. The van der Waals surface area contributed by atoms with Gasteiger partial charge in [0.2, 0.25) is 0 Å². The van der Waals surface area contributed by atoms with Crippen LogP contribution in [0.4, 0.5) is 0 Å². The summed E-state index contributed by atoms with van der Waals surface area (Å²) in [6, 6.07) is 23.8. The van der Waals surface area contributed by atoms with Crippen molar-refractivity contribution >= 4 is 28.5 Å². The van der Waals surface area contributed by atoms with E-state index in [4.69, 9.17) is 26.1 Å². The summed E-state index contributed by atoms with van der Waals surface area (Å²) in [7, 11) is 0. The van der Waals surface area contributed by atoms with Gasteiger partial charge in [0.25, 0.3) is 5.91 Å². The smallest absolute Gasteiger partial charge is 0.257 e. The summed E-state index contributed by atoms with van der Waals surface area (Å²) < 4.78 is 13.9. The van der Waals surface area contributed by atoms with E-state index in [9.17, 15) is 4.79 Å². The van der Waals surface area contributed by atoms with Crippen LogP contribution in [0.15, 0.2) is 72.8 Å². The Morgan fingerprint density at radius 2 is 1.56 bits per heavy atom. The summed E-state index contributed by atoms with van der Waals surface area (Å²) in [6.45, 7) is 8.93. The number of nitrogens with zero attached hydrogens (tertiary/aromatic N) is 2. The van der Waals surface area contributed by atoms with Crippen LogP contribution in [-0.2, 0) is 23.2 Å². The number of aromatic nitrogens is 2. The van der Waals surface area contributed by atoms with Gasteiger partial charge in [0.1, 0.15) is 17.3 Å². The fourth-order valence-electron chi connectivity index (χ4n) is 4.72. The topological polar surface area (TPSA) is 65.4 Å². The molecule has 0 spiro atoms. The zero-order chi connectivity index (χ0) is 29.1. The van der Waals surface area contributed by atoms with E-state index in [1.165, 1.54) is 11.1 Å². The van der Waals surface area contributed by atoms with Crippen LogP contribution in [0.1, 0.15) is 64.3 Å². The van der Waals surface area contributed by atoms with Crippen LogP contribution in [0.5, 0.6) is 11.5 Å². The van der Waals surface area contributed by atoms with Crippen molar-refractivity contribution in [2.75, 3.05) is 19.8 Å². The Bertz CT molecular complexity index is 1380. The van der Waals surface area contributed by atoms with Gasteiger partial charge >= 0.3 is 0 Å². The zero-order valence-corrected chi connectivity index (χ0v) is 25.3. The lowest BCUT2D eigenvalue weighted by Crippen LogP contribution is -2.29. The molecule has 0 radical (unpaired) electrons. The highest BCUT2D eigenvalue weighted by Gasteiger charge is 2.13. The summed E-state index contributed by atoms with van der Waals surface area (Å²) in [5.41, 5.74) is 3.70. The predicted molar refractivity (Wildman–Crippen MR) is 167 cm³/mol. The van der Waals surface area contributed by atoms with Crippen molar-refractivity contribution < 1.29 is 14.3 Å². The van der Waals surface area contributed by atoms with Gasteiger partial charge in [-0.2, -0.15) is 0 Å². The average Bonchev–Trinajstić information content (AvgIpc) is 3.31. The minimum Gasteiger partial charge on any atom is -0.494 e. The molecular weight excluding hydrogens is 534 g/mol. The maximum Gasteiger partial charge on any atom is 0.257 e. The Balaban J connectivity index is 1.16. The maximum absolute atomic E-state index is 12.1. The summed E-state index contributed by atoms with van der Waals surface area (Å²) >= 11 is 5.87. The fraction of sp³-hybridized carbons (Fsp3) is 0.412. The van der Waals surface area contributed by atoms with Crippen molar-refractivity contribution in [3.05, 3.63) is 89.2 Å². The molecule has 6 nitrogen and oxygen atoms in total. The van der Waals surface area contributed by atoms with Gasteiger partial charge < -0.3 is 19.4 Å². The van der Waals surface area contributed by atoms with Crippen LogP contribution >= 0.6 is 11.6 Å². The van der Waals surface area contributed by atoms with E-state index in [0.717, 1.165) is 62.2 Å². The Morgan fingerprint density at radius 1 is 0.854 bits per heavy atom. The van der Waals surface area contributed by atoms with Crippen LogP contribution in [0.25, 0.3) is 11.0 Å². The third-order valence-corrected chi connectivity index (χ3v) is 7.33. The molecule has 1 amide bonds. The van der Waals surface area contributed by atoms with E-state index >= 15 is 0 Å². The molecule has 0 aliphatic rings. The predicted octanol–water partition coefficient (Wildman–Crippen LogP) is 7.75. The second kappa shape index (κ2) is 14.9. The van der Waals surface area contributed by atoms with Gasteiger partial charge in [0.05, 0.1) is 17.6 Å². The van der Waals surface area contributed by atoms with Gasteiger partial charge in [-0.05, 0) is 85.2 Å². The van der Waals surface area contributed by atoms with Crippen molar-refractivity contribution in [3.63, 3.8) is 0 Å². The molecule has 7 heteroatoms. The molecule has 0 bridgehead atoms. The van der Waals surface area contributed by atoms with Gasteiger partial charge in [0.15, 0.2) is 6.61 Å². The van der Waals surface area contributed by atoms with E-state index < -0.39 is 0 Å². The van der Waals surface area contributed by atoms with Crippen LogP contribution in [0, 0.1) is 0 Å². The van der Waals surface area contributed by atoms with Crippen molar-refractivity contribution in [2.24, 2.45) is 0 Å². The number of benzene rings is 3. The molecule has 4 aromatic rings. The van der Waals surface area contributed by atoms with Crippen molar-refractivity contribution in [1.29, 1.82) is 0 Å². The lowest BCUT2D eigenvalue weighted by atomic mass is 9.87. The number of unbranched alkanes of at least 4 members (excludes halogenated alkanes) is 3. The third kappa shape index (κ3) is 9.53. The fourth-order valence-corrected chi connectivity index (χ4v) is 4.85. The number of hydrogen-bond donors (Lipinski definition) is 1. The summed E-state index contributed by atoms with van der Waals surface area (Å²) in [5.74, 6) is 2.57. The standard InChI is InChI=1S/C34H42ClN3O3/c1-34(2,3)26-14-18-28(19-15-26)40-24-10-9-23-38-31-12-7-6-11-30(31)37-32(38)13-5-4-8-22-36-33(39)25-41-29-20-16-27(35)17-21-29/h6-7,11-12,14-21H,4-5,8-10,13,22-25H2,1-3H3,(H,36,39). The first-order chi connectivity index (χ1) is 19.8. The number of ether oxygens (including phenoxy) is 2. The highest BCUT2D eigenvalue weighted by atomic mass is 35.5. The number of carbonyl (C=O) groups excluding carboxylic acids is 1. The lowest BCUT2D eigenvalue weighted by molar-refractivity contribution is -0.123. The molecule has 1 heterocycles. The molecule has 1 aromatic heterocycles. The second-order valence-corrected chi connectivity index (χ2v) is 11.8. The molecular formula is C34H42ClN3O3. The maximum atomic E-state index is 12.1. The van der Waals surface area contributed by atoms with E-state index in [-0.39, 0.29) is 17.9 Å². The highest BCUT2D eigenvalue weighted by Crippen LogP contribution is 2.24. The molecule has 218 valence electrons. The Labute approximate surface area is 249 Å². The number of amides is 1. The van der Waals surface area contributed by atoms with E-state index in [0.29, 0.717) is 23.9 Å². The number of aryl methyl sites for hydroxylation is 2. The normalized spacial score (nSPS) is 11.5. The molecule has 0 unspecified atom stereocenters. The van der Waals surface area contributed by atoms with Crippen molar-refractivity contribution in [1.82, 2.24) is 14.9 Å². The van der Waals surface area contributed by atoms with Gasteiger partial charge in [-0.15, -0.1) is 0 Å². The Hall–Kier alpha value is -3.51. The second-order valence-electron chi connectivity index (χ2n) is 11.4. The first-order valence-corrected chi connectivity index (χ1v) is 15.0. The number of halogens is 1. The number of rotatable bonds is 15. The van der Waals surface area contributed by atoms with E-state index in [1.807, 2.05) is 6.07 Å². The van der Waals surface area contributed by atoms with Crippen LogP contribution in [0.2, 0.25) is 5.02 Å². The van der Waals surface area contributed by atoms with E-state index in [2.05, 4.69) is 73.1 Å². The summed E-state index contributed by atoms with van der Waals surface area (Å²) in [5, 5.41) is 3.57. The number of carbonyl (C=O) groups is 1. The third-order valence-electron chi connectivity index (χ3n) is 7.08. The molecule has 0 aliphatic heterocycles. The van der Waals surface area contributed by atoms with Gasteiger partial charge in [0, 0.05) is 24.5 Å². The van der Waals surface area contributed by atoms with Gasteiger partial charge in [-0.3, -0.25) is 4.79 Å². The largest absolute Gasteiger partial charge is 0.494 e. The number of fused-ring (bicyclic) bond motifs is 1. The SMILES string of the molecule is CC(C)(C)c1ccc(OCCCCn2c(CCCCCNC(=O)COc3ccc(Cl)cc3)nc3ccccc32)cc1. The molecule has 41 heavy (non-hydrogen) atoms. The number of hydrogen-bond acceptors (Lipinski definition) is 4. The molecule has 3 aromatic carbocycles. The van der Waals surface area contributed by atoms with Crippen molar-refractivity contribution in [2.45, 2.75) is 71.3 Å². The van der Waals surface area contributed by atoms with Gasteiger partial charge in [-0.1, -0.05) is 63.1 Å². The molecule has 1 N–H and O–H groups in total. The van der Waals surface area contributed by atoms with Gasteiger partial charge in [-0.25, -0.2) is 4.98 Å². The summed E-state index contributed by atoms with van der Waals surface area (Å²) in [4.78, 5) is 17.0. The van der Waals surface area contributed by atoms with Crippen LogP contribution < -0.4 is 14.8 Å². The number of para-hydroxylation sites is 2. The molecule has 0 atom stereocenters. The quantitative estimate of drug-likeness (QED) is 0.147. The van der Waals surface area contributed by atoms with Crippen LogP contribution in [-0.4, -0.2) is 35.2 Å². The molecule has 0 saturated carbocycles. The molecule has 0 aliphatic carbocycles.